The molecule has 1 aliphatic rings. The summed E-state index contributed by atoms with van der Waals surface area (Å²) in [7, 11) is 0. The van der Waals surface area contributed by atoms with Crippen LogP contribution in [0.1, 0.15) is 23.1 Å². The minimum atomic E-state index is -0.837. The van der Waals surface area contributed by atoms with Crippen molar-refractivity contribution in [3.05, 3.63) is 71.3 Å². The first-order chi connectivity index (χ1) is 12.1. The Morgan fingerprint density at radius 3 is 2.48 bits per heavy atom. The van der Waals surface area contributed by atoms with Crippen LogP contribution in [0, 0.1) is 0 Å². The molecule has 0 aliphatic heterocycles. The smallest absolute Gasteiger partial charge is 0.338 e. The van der Waals surface area contributed by atoms with Crippen molar-refractivity contribution in [2.24, 2.45) is 5.73 Å². The lowest BCUT2D eigenvalue weighted by atomic mass is 10.0. The van der Waals surface area contributed by atoms with Gasteiger partial charge in [-0.1, -0.05) is 42.5 Å². The molecule has 0 aromatic heterocycles. The van der Waals surface area contributed by atoms with Crippen molar-refractivity contribution in [2.45, 2.75) is 11.3 Å². The molecular formula is C20H20N2O2S. The van der Waals surface area contributed by atoms with Crippen LogP contribution in [-0.4, -0.2) is 29.1 Å². The lowest BCUT2D eigenvalue weighted by Crippen LogP contribution is -2.33. The van der Waals surface area contributed by atoms with Crippen molar-refractivity contribution in [1.82, 2.24) is 5.06 Å². The summed E-state index contributed by atoms with van der Waals surface area (Å²) in [6.07, 6.45) is 6.87. The zero-order chi connectivity index (χ0) is 17.8. The molecule has 4 nitrogen and oxygen atoms in total. The molecule has 0 saturated carbocycles. The zero-order valence-electron chi connectivity index (χ0n) is 14.0. The molecule has 0 unspecified atom stereocenters. The van der Waals surface area contributed by atoms with Crippen molar-refractivity contribution >= 4 is 35.0 Å². The number of benzene rings is 2. The summed E-state index contributed by atoms with van der Waals surface area (Å²) in [5.74, 6) is 0. The third-order valence-corrected chi connectivity index (χ3v) is 4.94. The third-order valence-electron chi connectivity index (χ3n) is 4.20. The topological polar surface area (TPSA) is 66.6 Å². The van der Waals surface area contributed by atoms with Gasteiger partial charge in [-0.25, -0.2) is 9.86 Å². The molecule has 128 valence electrons. The highest BCUT2D eigenvalue weighted by molar-refractivity contribution is 7.98. The van der Waals surface area contributed by atoms with Gasteiger partial charge in [0.05, 0.1) is 6.54 Å². The normalized spacial score (nSPS) is 14.3. The standard InChI is InChI=1S/C20H20N2O2S/c1-25-17-8-6-14(7-9-17)12-16-13-15(10-11-22(24)20(21)23)18-4-2-3-5-19(16)18/h2-9,12-13,24H,10-11H2,1H3,(H2,21,23). The van der Waals surface area contributed by atoms with Crippen molar-refractivity contribution in [2.75, 3.05) is 12.8 Å². The van der Waals surface area contributed by atoms with Crippen LogP contribution >= 0.6 is 11.8 Å². The zero-order valence-corrected chi connectivity index (χ0v) is 14.8. The first-order valence-corrected chi connectivity index (χ1v) is 9.23. The number of fused-ring (bicyclic) bond motifs is 1. The van der Waals surface area contributed by atoms with E-state index in [9.17, 15) is 10.0 Å². The van der Waals surface area contributed by atoms with E-state index in [1.807, 2.05) is 12.1 Å². The summed E-state index contributed by atoms with van der Waals surface area (Å²) in [6.45, 7) is 0.172. The number of allylic oxidation sites excluding steroid dienone is 2. The van der Waals surface area contributed by atoms with E-state index in [0.29, 0.717) is 11.5 Å². The molecule has 3 rings (SSSR count). The summed E-state index contributed by atoms with van der Waals surface area (Å²) < 4.78 is 0. The summed E-state index contributed by atoms with van der Waals surface area (Å²) >= 11 is 1.72. The van der Waals surface area contributed by atoms with Gasteiger partial charge in [-0.15, -0.1) is 11.8 Å². The number of hydrogen-bond donors (Lipinski definition) is 2. The van der Waals surface area contributed by atoms with E-state index in [-0.39, 0.29) is 6.54 Å². The molecule has 2 amide bonds. The second-order valence-corrected chi connectivity index (χ2v) is 6.68. The average Bonchev–Trinajstić information content (AvgIpc) is 2.98. The van der Waals surface area contributed by atoms with Gasteiger partial charge in [-0.2, -0.15) is 0 Å². The van der Waals surface area contributed by atoms with E-state index in [1.54, 1.807) is 11.8 Å². The second-order valence-electron chi connectivity index (χ2n) is 5.80. The summed E-state index contributed by atoms with van der Waals surface area (Å²) in [5.41, 5.74) is 10.7. The van der Waals surface area contributed by atoms with E-state index in [2.05, 4.69) is 54.8 Å². The lowest BCUT2D eigenvalue weighted by molar-refractivity contribution is -0.0372. The second kappa shape index (κ2) is 7.59. The number of thioether (sulfide) groups is 1. The van der Waals surface area contributed by atoms with Gasteiger partial charge in [0.25, 0.3) is 0 Å². The van der Waals surface area contributed by atoms with Gasteiger partial charge in [0.15, 0.2) is 0 Å². The van der Waals surface area contributed by atoms with Crippen LogP contribution in [0.25, 0.3) is 17.2 Å². The molecule has 2 aromatic carbocycles. The molecular weight excluding hydrogens is 332 g/mol. The average molecular weight is 352 g/mol. The van der Waals surface area contributed by atoms with Crippen molar-refractivity contribution < 1.29 is 10.0 Å². The predicted octanol–water partition coefficient (Wildman–Crippen LogP) is 4.51. The number of hydroxylamine groups is 2. The van der Waals surface area contributed by atoms with Crippen LogP contribution in [0.3, 0.4) is 0 Å². The molecule has 0 radical (unpaired) electrons. The van der Waals surface area contributed by atoms with Gasteiger partial charge < -0.3 is 5.73 Å². The highest BCUT2D eigenvalue weighted by Crippen LogP contribution is 2.38. The largest absolute Gasteiger partial charge is 0.350 e. The SMILES string of the molecule is CSc1ccc(C=C2C=C(CCN(O)C(N)=O)c3ccccc32)cc1. The summed E-state index contributed by atoms with van der Waals surface area (Å²) in [6, 6.07) is 15.8. The van der Waals surface area contributed by atoms with E-state index in [4.69, 9.17) is 5.73 Å². The Morgan fingerprint density at radius 2 is 1.84 bits per heavy atom. The lowest BCUT2D eigenvalue weighted by Gasteiger charge is -2.12. The molecule has 25 heavy (non-hydrogen) atoms. The molecule has 0 bridgehead atoms. The number of urea groups is 1. The monoisotopic (exact) mass is 352 g/mol. The van der Waals surface area contributed by atoms with Gasteiger partial charge in [-0.3, -0.25) is 5.21 Å². The highest BCUT2D eigenvalue weighted by atomic mass is 32.2. The van der Waals surface area contributed by atoms with Crippen LogP contribution in [0.5, 0.6) is 0 Å². The Hall–Kier alpha value is -2.50. The van der Waals surface area contributed by atoms with Gasteiger partial charge in [-0.05, 0) is 58.7 Å². The van der Waals surface area contributed by atoms with Crippen LogP contribution in [0.15, 0.2) is 59.5 Å². The van der Waals surface area contributed by atoms with E-state index in [0.717, 1.165) is 27.8 Å². The summed E-state index contributed by atoms with van der Waals surface area (Å²) in [5, 5.41) is 10.0. The number of carbonyl (C=O) groups is 1. The highest BCUT2D eigenvalue weighted by Gasteiger charge is 2.18. The first-order valence-electron chi connectivity index (χ1n) is 8.00. The van der Waals surface area contributed by atoms with Gasteiger partial charge >= 0.3 is 6.03 Å². The molecule has 0 spiro atoms. The maximum Gasteiger partial charge on any atom is 0.338 e. The Morgan fingerprint density at radius 1 is 1.16 bits per heavy atom. The number of nitrogens with two attached hydrogens (primary N) is 1. The molecule has 3 N–H and O–H groups in total. The minimum absolute atomic E-state index is 0.172. The van der Waals surface area contributed by atoms with Crippen molar-refractivity contribution in [1.29, 1.82) is 0 Å². The molecule has 0 heterocycles. The molecule has 1 aliphatic carbocycles. The quantitative estimate of drug-likeness (QED) is 0.473. The maximum absolute atomic E-state index is 11.0. The Bertz CT molecular complexity index is 841. The third kappa shape index (κ3) is 3.95. The van der Waals surface area contributed by atoms with E-state index >= 15 is 0 Å². The number of primary amides is 1. The number of hydrogen-bond acceptors (Lipinski definition) is 3. The van der Waals surface area contributed by atoms with Crippen LogP contribution in [0.2, 0.25) is 0 Å². The first kappa shape index (κ1) is 17.3. The molecule has 2 aromatic rings. The Kier molecular flexibility index (Phi) is 5.26. The number of rotatable bonds is 5. The van der Waals surface area contributed by atoms with Gasteiger partial charge in [0, 0.05) is 4.90 Å². The number of amides is 2. The van der Waals surface area contributed by atoms with E-state index in [1.165, 1.54) is 4.90 Å². The fourth-order valence-electron chi connectivity index (χ4n) is 2.90. The van der Waals surface area contributed by atoms with Crippen LogP contribution in [0.4, 0.5) is 4.79 Å². The Balaban J connectivity index is 1.88. The van der Waals surface area contributed by atoms with Crippen molar-refractivity contribution in [3.8, 4) is 0 Å². The molecule has 0 atom stereocenters. The summed E-state index contributed by atoms with van der Waals surface area (Å²) in [4.78, 5) is 12.2. The van der Waals surface area contributed by atoms with Crippen LogP contribution in [-0.2, 0) is 0 Å². The number of carbonyl (C=O) groups excluding carboxylic acids is 1. The van der Waals surface area contributed by atoms with Crippen molar-refractivity contribution in [3.63, 3.8) is 0 Å². The number of nitrogens with zero attached hydrogens (tertiary/aromatic N) is 1. The predicted molar refractivity (Wildman–Crippen MR) is 103 cm³/mol. The fourth-order valence-corrected chi connectivity index (χ4v) is 3.31. The molecule has 0 fully saturated rings. The molecule has 5 heteroatoms. The van der Waals surface area contributed by atoms with E-state index < -0.39 is 6.03 Å². The fraction of sp³-hybridized carbons (Fsp3) is 0.150. The minimum Gasteiger partial charge on any atom is -0.350 e. The Labute approximate surface area is 151 Å². The van der Waals surface area contributed by atoms with Gasteiger partial charge in [0.1, 0.15) is 0 Å². The van der Waals surface area contributed by atoms with Crippen LogP contribution < -0.4 is 5.73 Å². The molecule has 0 saturated heterocycles. The van der Waals surface area contributed by atoms with Gasteiger partial charge in [0.2, 0.25) is 0 Å². The maximum atomic E-state index is 11.0.